The summed E-state index contributed by atoms with van der Waals surface area (Å²) < 4.78 is 4.45. The molecule has 0 aliphatic rings. The molecule has 1 rings (SSSR count). The van der Waals surface area contributed by atoms with E-state index in [1.54, 1.807) is 6.07 Å². The lowest BCUT2D eigenvalue weighted by Crippen LogP contribution is -2.04. The molecule has 0 bridgehead atoms. The number of ether oxygens (including phenoxy) is 1. The first-order chi connectivity index (χ1) is 7.51. The molecule has 0 saturated carbocycles. The normalized spacial score (nSPS) is 9.31. The summed E-state index contributed by atoms with van der Waals surface area (Å²) >= 11 is 3.93. The topological polar surface area (TPSA) is 93.2 Å². The summed E-state index contributed by atoms with van der Waals surface area (Å²) in [5.41, 5.74) is -0.573. The highest BCUT2D eigenvalue weighted by Gasteiger charge is 2.20. The summed E-state index contributed by atoms with van der Waals surface area (Å²) in [6.07, 6.45) is 0. The van der Waals surface area contributed by atoms with E-state index >= 15 is 0 Å². The van der Waals surface area contributed by atoms with Crippen molar-refractivity contribution >= 4 is 24.3 Å². The number of nitriles is 1. The Balaban J connectivity index is 3.44. The molecule has 0 heterocycles. The average molecular weight is 238 g/mol. The minimum absolute atomic E-state index is 0.0213. The molecule has 16 heavy (non-hydrogen) atoms. The molecule has 0 N–H and O–H groups in total. The lowest BCUT2D eigenvalue weighted by molar-refractivity contribution is -0.385. The van der Waals surface area contributed by atoms with Gasteiger partial charge in [0, 0.05) is 11.0 Å². The van der Waals surface area contributed by atoms with Crippen molar-refractivity contribution in [3.63, 3.8) is 0 Å². The van der Waals surface area contributed by atoms with Crippen LogP contribution in [0.25, 0.3) is 0 Å². The van der Waals surface area contributed by atoms with Gasteiger partial charge in [-0.1, -0.05) is 0 Å². The van der Waals surface area contributed by atoms with Crippen LogP contribution in [-0.4, -0.2) is 18.0 Å². The van der Waals surface area contributed by atoms with Crippen LogP contribution in [0.3, 0.4) is 0 Å². The molecule has 0 amide bonds. The molecule has 0 radical (unpaired) electrons. The Morgan fingerprint density at radius 1 is 1.62 bits per heavy atom. The first-order valence-corrected chi connectivity index (χ1v) is 4.45. The maximum absolute atomic E-state index is 11.2. The molecular weight excluding hydrogens is 232 g/mol. The first-order valence-electron chi connectivity index (χ1n) is 4.01. The summed E-state index contributed by atoms with van der Waals surface area (Å²) in [6, 6.07) is 3.78. The van der Waals surface area contributed by atoms with E-state index < -0.39 is 10.9 Å². The number of rotatable bonds is 2. The van der Waals surface area contributed by atoms with Gasteiger partial charge in [0.05, 0.1) is 17.6 Å². The second kappa shape index (κ2) is 4.63. The van der Waals surface area contributed by atoms with Crippen LogP contribution in [0, 0.1) is 21.4 Å². The van der Waals surface area contributed by atoms with Gasteiger partial charge in [0.2, 0.25) is 0 Å². The molecule has 0 unspecified atom stereocenters. The van der Waals surface area contributed by atoms with Gasteiger partial charge in [0.25, 0.3) is 5.69 Å². The molecule has 0 atom stereocenters. The van der Waals surface area contributed by atoms with Crippen LogP contribution in [0.4, 0.5) is 5.69 Å². The molecule has 0 aromatic heterocycles. The van der Waals surface area contributed by atoms with Gasteiger partial charge < -0.3 is 4.74 Å². The van der Waals surface area contributed by atoms with E-state index in [2.05, 4.69) is 17.4 Å². The number of carbonyl (C=O) groups is 1. The molecule has 7 heteroatoms. The van der Waals surface area contributed by atoms with E-state index in [9.17, 15) is 14.9 Å². The van der Waals surface area contributed by atoms with Gasteiger partial charge in [0.1, 0.15) is 11.6 Å². The van der Waals surface area contributed by atoms with Crippen molar-refractivity contribution in [3.8, 4) is 6.07 Å². The minimum atomic E-state index is -0.709. The Hall–Kier alpha value is -2.07. The molecule has 0 fully saturated rings. The summed E-state index contributed by atoms with van der Waals surface area (Å²) in [4.78, 5) is 21.2. The number of benzene rings is 1. The fraction of sp³-hybridized carbons (Fsp3) is 0.111. The van der Waals surface area contributed by atoms with Gasteiger partial charge in [0.15, 0.2) is 0 Å². The number of methoxy groups -OCH3 is 1. The summed E-state index contributed by atoms with van der Waals surface area (Å²) in [5.74, 6) is -0.698. The van der Waals surface area contributed by atoms with E-state index in [1.165, 1.54) is 7.11 Å². The molecule has 1 aromatic rings. The number of nitro benzene ring substituents is 1. The summed E-state index contributed by atoms with van der Waals surface area (Å²) in [5, 5.41) is 19.3. The van der Waals surface area contributed by atoms with Crippen LogP contribution < -0.4 is 0 Å². The number of nitrogens with zero attached hydrogens (tertiary/aromatic N) is 2. The lowest BCUT2D eigenvalue weighted by Gasteiger charge is -2.03. The van der Waals surface area contributed by atoms with Gasteiger partial charge in [-0.25, -0.2) is 4.79 Å². The monoisotopic (exact) mass is 238 g/mol. The van der Waals surface area contributed by atoms with Gasteiger partial charge in [-0.05, 0) is 6.07 Å². The van der Waals surface area contributed by atoms with Crippen LogP contribution in [0.5, 0.6) is 0 Å². The van der Waals surface area contributed by atoms with Crippen molar-refractivity contribution in [1.29, 1.82) is 5.26 Å². The van der Waals surface area contributed by atoms with Gasteiger partial charge in [-0.2, -0.15) is 5.26 Å². The highest BCUT2D eigenvalue weighted by Crippen LogP contribution is 2.25. The average Bonchev–Trinajstić information content (AvgIpc) is 2.27. The maximum atomic E-state index is 11.2. The summed E-state index contributed by atoms with van der Waals surface area (Å²) in [7, 11) is 1.17. The van der Waals surface area contributed by atoms with E-state index in [-0.39, 0.29) is 21.7 Å². The number of thiol groups is 1. The summed E-state index contributed by atoms with van der Waals surface area (Å²) in [6.45, 7) is 0. The standard InChI is InChI=1S/C9H6N2O4S/c1-15-9(12)6-2-5(4-10)7(11(13)14)3-8(6)16/h2-3,16H,1H3. The first kappa shape index (κ1) is 12.0. The smallest absolute Gasteiger partial charge is 0.339 e. The largest absolute Gasteiger partial charge is 0.465 e. The van der Waals surface area contributed by atoms with E-state index in [0.29, 0.717) is 0 Å². The minimum Gasteiger partial charge on any atom is -0.465 e. The Bertz CT molecular complexity index is 507. The third kappa shape index (κ3) is 2.12. The number of carbonyl (C=O) groups excluding carboxylic acids is 1. The Morgan fingerprint density at radius 3 is 2.69 bits per heavy atom. The Kier molecular flexibility index (Phi) is 3.48. The molecule has 82 valence electrons. The van der Waals surface area contributed by atoms with Crippen LogP contribution in [-0.2, 0) is 4.74 Å². The predicted molar refractivity (Wildman–Crippen MR) is 56.4 cm³/mol. The highest BCUT2D eigenvalue weighted by molar-refractivity contribution is 7.80. The second-order valence-corrected chi connectivity index (χ2v) is 3.23. The zero-order valence-electron chi connectivity index (χ0n) is 8.13. The van der Waals surface area contributed by atoms with Gasteiger partial charge in [-0.3, -0.25) is 10.1 Å². The van der Waals surface area contributed by atoms with Crippen molar-refractivity contribution in [3.05, 3.63) is 33.4 Å². The highest BCUT2D eigenvalue weighted by atomic mass is 32.1. The van der Waals surface area contributed by atoms with Crippen molar-refractivity contribution in [2.24, 2.45) is 0 Å². The van der Waals surface area contributed by atoms with Crippen molar-refractivity contribution in [2.75, 3.05) is 7.11 Å². The second-order valence-electron chi connectivity index (χ2n) is 2.75. The Morgan fingerprint density at radius 2 is 2.25 bits per heavy atom. The zero-order valence-corrected chi connectivity index (χ0v) is 9.02. The van der Waals surface area contributed by atoms with Crippen LogP contribution in [0.1, 0.15) is 15.9 Å². The van der Waals surface area contributed by atoms with Crippen molar-refractivity contribution in [1.82, 2.24) is 0 Å². The number of esters is 1. The van der Waals surface area contributed by atoms with E-state index in [0.717, 1.165) is 12.1 Å². The predicted octanol–water partition coefficient (Wildman–Crippen LogP) is 1.54. The van der Waals surface area contributed by atoms with Crippen molar-refractivity contribution < 1.29 is 14.5 Å². The molecule has 0 aliphatic heterocycles. The maximum Gasteiger partial charge on any atom is 0.339 e. The van der Waals surface area contributed by atoms with Crippen LogP contribution in [0.15, 0.2) is 17.0 Å². The lowest BCUT2D eigenvalue weighted by atomic mass is 10.1. The third-order valence-corrected chi connectivity index (χ3v) is 2.21. The molecular formula is C9H6N2O4S. The molecule has 1 aromatic carbocycles. The fourth-order valence-electron chi connectivity index (χ4n) is 1.09. The molecule has 0 saturated heterocycles. The third-order valence-electron chi connectivity index (χ3n) is 1.84. The molecule has 6 nitrogen and oxygen atoms in total. The molecule has 0 aliphatic carbocycles. The quantitative estimate of drug-likeness (QED) is 0.365. The van der Waals surface area contributed by atoms with Gasteiger partial charge in [-0.15, -0.1) is 12.6 Å². The Labute approximate surface area is 96.0 Å². The SMILES string of the molecule is COC(=O)c1cc(C#N)c([N+](=O)[O-])cc1S. The number of nitro groups is 1. The zero-order chi connectivity index (χ0) is 12.3. The number of hydrogen-bond acceptors (Lipinski definition) is 6. The molecule has 0 spiro atoms. The van der Waals surface area contributed by atoms with Crippen LogP contribution >= 0.6 is 12.6 Å². The number of hydrogen-bond donors (Lipinski definition) is 1. The van der Waals surface area contributed by atoms with Gasteiger partial charge >= 0.3 is 5.97 Å². The van der Waals surface area contributed by atoms with E-state index in [1.807, 2.05) is 0 Å². The fourth-order valence-corrected chi connectivity index (χ4v) is 1.37. The van der Waals surface area contributed by atoms with Crippen molar-refractivity contribution in [2.45, 2.75) is 4.90 Å². The van der Waals surface area contributed by atoms with E-state index in [4.69, 9.17) is 5.26 Å². The van der Waals surface area contributed by atoms with Crippen LogP contribution in [0.2, 0.25) is 0 Å².